The number of hydrogen-bond acceptors (Lipinski definition) is 20. The second-order valence-corrected chi connectivity index (χ2v) is 10.6. The Balaban J connectivity index is 4.07. The molecular formula is C30H42O20. The molecule has 0 bridgehead atoms. The van der Waals surface area contributed by atoms with Gasteiger partial charge in [0.1, 0.15) is 32.0 Å². The predicted octanol–water partition coefficient (Wildman–Crippen LogP) is -0.624. The summed E-state index contributed by atoms with van der Waals surface area (Å²) in [6.45, 7) is 6.74. The van der Waals surface area contributed by atoms with Crippen LogP contribution in [0.1, 0.15) is 62.3 Å². The average molecular weight is 723 g/mol. The van der Waals surface area contributed by atoms with E-state index in [0.29, 0.717) is 0 Å². The maximum atomic E-state index is 12.4. The fourth-order valence-electron chi connectivity index (χ4n) is 4.59. The Morgan fingerprint density at radius 2 is 0.860 bits per heavy atom. The van der Waals surface area contributed by atoms with Crippen LogP contribution in [0, 0.1) is 0 Å². The number of carbonyl (C=O) groups excluding carboxylic acids is 9. The molecule has 20 heteroatoms. The van der Waals surface area contributed by atoms with Gasteiger partial charge in [-0.15, -0.1) is 0 Å². The molecule has 1 rings (SSSR count). The first-order valence-corrected chi connectivity index (χ1v) is 15.0. The van der Waals surface area contributed by atoms with E-state index in [1.807, 2.05) is 0 Å². The highest BCUT2D eigenvalue weighted by Gasteiger charge is 2.55. The summed E-state index contributed by atoms with van der Waals surface area (Å²) >= 11 is 0. The monoisotopic (exact) mass is 722 g/mol. The normalized spacial score (nSPS) is 22.1. The first-order valence-electron chi connectivity index (χ1n) is 15.0. The van der Waals surface area contributed by atoms with E-state index in [1.165, 1.54) is 0 Å². The van der Waals surface area contributed by atoms with Crippen molar-refractivity contribution < 1.29 is 95.3 Å². The van der Waals surface area contributed by atoms with Crippen LogP contribution in [0.25, 0.3) is 0 Å². The molecule has 0 spiro atoms. The topological polar surface area (TPSA) is 255 Å². The number of carbonyl (C=O) groups is 9. The van der Waals surface area contributed by atoms with Gasteiger partial charge in [0.15, 0.2) is 42.9 Å². The smallest absolute Gasteiger partial charge is 0.303 e. The van der Waals surface area contributed by atoms with Crippen LogP contribution < -0.4 is 0 Å². The third kappa shape index (κ3) is 15.6. The predicted molar refractivity (Wildman–Crippen MR) is 157 cm³/mol. The highest BCUT2D eigenvalue weighted by molar-refractivity contribution is 5.70. The highest BCUT2D eigenvalue weighted by atomic mass is 16.8. The lowest BCUT2D eigenvalue weighted by atomic mass is 9.97. The van der Waals surface area contributed by atoms with Crippen LogP contribution in [-0.4, -0.2) is 129 Å². The Morgan fingerprint density at radius 1 is 0.460 bits per heavy atom. The molecule has 1 saturated heterocycles. The second kappa shape index (κ2) is 20.6. The van der Waals surface area contributed by atoms with Crippen LogP contribution in [0.5, 0.6) is 0 Å². The second-order valence-electron chi connectivity index (χ2n) is 10.6. The molecule has 50 heavy (non-hydrogen) atoms. The van der Waals surface area contributed by atoms with Crippen LogP contribution in [0.15, 0.2) is 0 Å². The van der Waals surface area contributed by atoms with Crippen molar-refractivity contribution in [2.24, 2.45) is 0 Å². The minimum absolute atomic E-state index is 0.654. The molecule has 0 aromatic rings. The highest BCUT2D eigenvalue weighted by Crippen LogP contribution is 2.33. The lowest BCUT2D eigenvalue weighted by Gasteiger charge is -2.46. The van der Waals surface area contributed by atoms with Gasteiger partial charge in [-0.1, -0.05) is 0 Å². The summed E-state index contributed by atoms with van der Waals surface area (Å²) in [5, 5.41) is 0. The molecule has 0 unspecified atom stereocenters. The quantitative estimate of drug-likeness (QED) is 0.134. The summed E-state index contributed by atoms with van der Waals surface area (Å²) in [7, 11) is 0. The van der Waals surface area contributed by atoms with Crippen LogP contribution in [0.4, 0.5) is 0 Å². The Bertz CT molecular complexity index is 1260. The van der Waals surface area contributed by atoms with E-state index in [0.717, 1.165) is 62.3 Å². The summed E-state index contributed by atoms with van der Waals surface area (Å²) in [4.78, 5) is 109. The third-order valence-electron chi connectivity index (χ3n) is 6.13. The van der Waals surface area contributed by atoms with Crippen molar-refractivity contribution in [1.82, 2.24) is 0 Å². The first kappa shape index (κ1) is 43.2. The van der Waals surface area contributed by atoms with Crippen LogP contribution in [-0.2, 0) is 95.3 Å². The maximum absolute atomic E-state index is 12.4. The SMILES string of the molecule is CC(=O)OC[C@H](OC(C)=O)[C@@H](OC(C)=O)[C@@H](O[C@H]1O[C@H](COC(C)=O)[C@H](OC(C)=O)[C@H](OC(C)=O)[C@H]1OC(C)=O)[C@@H](COC(C)=O)OC(C)=O. The summed E-state index contributed by atoms with van der Waals surface area (Å²) in [6.07, 6.45) is -15.9. The summed E-state index contributed by atoms with van der Waals surface area (Å²) in [5.74, 6) is -8.38. The van der Waals surface area contributed by atoms with Crippen molar-refractivity contribution in [3.8, 4) is 0 Å². The van der Waals surface area contributed by atoms with Gasteiger partial charge in [-0.2, -0.15) is 0 Å². The molecule has 0 radical (unpaired) electrons. The van der Waals surface area contributed by atoms with E-state index in [2.05, 4.69) is 0 Å². The zero-order valence-corrected chi connectivity index (χ0v) is 29.0. The van der Waals surface area contributed by atoms with Gasteiger partial charge < -0.3 is 52.1 Å². The summed E-state index contributed by atoms with van der Waals surface area (Å²) in [5.41, 5.74) is 0. The molecule has 0 N–H and O–H groups in total. The zero-order chi connectivity index (χ0) is 38.3. The molecule has 1 aliphatic rings. The zero-order valence-electron chi connectivity index (χ0n) is 29.0. The standard InChI is InChI=1S/C30H42O20/c1-13(31)40-10-22(43-16(4)34)25(45-18(6)36)26(23(44-17(5)35)11-41-14(2)32)50-30-29(48-21(9)39)28(47-20(8)38)27(46-19(7)37)24(49-30)12-42-15(3)33/h22-30H,10-12H2,1-9H3/t22-,23+,24+,25+,26-,27-,28-,29+,30+/m0/s1. The molecule has 20 nitrogen and oxygen atoms in total. The molecular weight excluding hydrogens is 680 g/mol. The van der Waals surface area contributed by atoms with Crippen molar-refractivity contribution >= 4 is 53.7 Å². The number of rotatable bonds is 17. The molecule has 0 aromatic carbocycles. The number of esters is 9. The van der Waals surface area contributed by atoms with Crippen LogP contribution in [0.2, 0.25) is 0 Å². The molecule has 0 amide bonds. The van der Waals surface area contributed by atoms with E-state index in [1.54, 1.807) is 0 Å². The van der Waals surface area contributed by atoms with Gasteiger partial charge in [0.05, 0.1) is 0 Å². The molecule has 0 aromatic heterocycles. The first-order chi connectivity index (χ1) is 23.2. The van der Waals surface area contributed by atoms with Gasteiger partial charge in [-0.3, -0.25) is 43.2 Å². The van der Waals surface area contributed by atoms with Gasteiger partial charge in [0.25, 0.3) is 0 Å². The number of ether oxygens (including phenoxy) is 11. The van der Waals surface area contributed by atoms with Gasteiger partial charge in [-0.05, 0) is 0 Å². The van der Waals surface area contributed by atoms with Gasteiger partial charge in [0, 0.05) is 62.3 Å². The van der Waals surface area contributed by atoms with Crippen molar-refractivity contribution in [3.05, 3.63) is 0 Å². The lowest BCUT2D eigenvalue weighted by Crippen LogP contribution is -2.65. The van der Waals surface area contributed by atoms with Gasteiger partial charge in [-0.25, -0.2) is 0 Å². The fourth-order valence-corrected chi connectivity index (χ4v) is 4.59. The largest absolute Gasteiger partial charge is 0.463 e. The molecule has 0 aliphatic carbocycles. The molecule has 9 atom stereocenters. The van der Waals surface area contributed by atoms with Crippen LogP contribution in [0.3, 0.4) is 0 Å². The Hall–Kier alpha value is -4.85. The minimum atomic E-state index is -1.97. The van der Waals surface area contributed by atoms with Crippen molar-refractivity contribution in [2.45, 2.75) is 117 Å². The molecule has 282 valence electrons. The van der Waals surface area contributed by atoms with Crippen molar-refractivity contribution in [3.63, 3.8) is 0 Å². The van der Waals surface area contributed by atoms with E-state index in [-0.39, 0.29) is 0 Å². The summed E-state index contributed by atoms with van der Waals surface area (Å²) in [6, 6.07) is 0. The van der Waals surface area contributed by atoms with E-state index < -0.39 is 129 Å². The van der Waals surface area contributed by atoms with Crippen molar-refractivity contribution in [1.29, 1.82) is 0 Å². The van der Waals surface area contributed by atoms with Gasteiger partial charge in [0.2, 0.25) is 0 Å². The van der Waals surface area contributed by atoms with Gasteiger partial charge >= 0.3 is 53.7 Å². The Labute approximate surface area is 286 Å². The van der Waals surface area contributed by atoms with E-state index in [4.69, 9.17) is 52.1 Å². The minimum Gasteiger partial charge on any atom is -0.463 e. The molecule has 0 saturated carbocycles. The van der Waals surface area contributed by atoms with Crippen molar-refractivity contribution in [2.75, 3.05) is 19.8 Å². The molecule has 1 heterocycles. The molecule has 1 aliphatic heterocycles. The lowest BCUT2D eigenvalue weighted by molar-refractivity contribution is -0.331. The Kier molecular flexibility index (Phi) is 17.8. The maximum Gasteiger partial charge on any atom is 0.303 e. The van der Waals surface area contributed by atoms with E-state index in [9.17, 15) is 43.2 Å². The Morgan fingerprint density at radius 3 is 1.26 bits per heavy atom. The summed E-state index contributed by atoms with van der Waals surface area (Å²) < 4.78 is 59.5. The molecule has 1 fully saturated rings. The van der Waals surface area contributed by atoms with Crippen LogP contribution >= 0.6 is 0 Å². The fraction of sp³-hybridized carbons (Fsp3) is 0.700. The number of hydrogen-bond donors (Lipinski definition) is 0. The average Bonchev–Trinajstić information content (AvgIpc) is 2.95. The third-order valence-corrected chi connectivity index (χ3v) is 6.13. The van der Waals surface area contributed by atoms with E-state index >= 15 is 0 Å².